The molecule has 0 radical (unpaired) electrons. The monoisotopic (exact) mass is 479 g/mol. The number of alkyl halides is 3. The van der Waals surface area contributed by atoms with Gasteiger partial charge in [-0.2, -0.15) is 28.3 Å². The molecule has 33 heavy (non-hydrogen) atoms. The Labute approximate surface area is 184 Å². The highest BCUT2D eigenvalue weighted by atomic mass is 32.2. The number of nitro benzene ring substituents is 1. The van der Waals surface area contributed by atoms with Gasteiger partial charge in [0.25, 0.3) is 11.6 Å². The quantitative estimate of drug-likeness (QED) is 0.398. The SMILES string of the molecule is N=C1/C(=C/c2ccc(-c3cc4c(cc3[N+](=O)[O-])OCO4)o2)C(=O)N=C2SC(C(F)(F)F)=NN12. The molecule has 4 heterocycles. The number of carbonyl (C=O) groups is 1. The van der Waals surface area contributed by atoms with E-state index < -0.39 is 27.9 Å². The number of rotatable bonds is 3. The lowest BCUT2D eigenvalue weighted by Gasteiger charge is -2.19. The van der Waals surface area contributed by atoms with Crippen molar-refractivity contribution in [1.82, 2.24) is 5.01 Å². The Morgan fingerprint density at radius 2 is 1.97 bits per heavy atom. The van der Waals surface area contributed by atoms with E-state index in [9.17, 15) is 28.1 Å². The number of nitro groups is 1. The number of aliphatic imine (C=N–C) groups is 1. The van der Waals surface area contributed by atoms with Gasteiger partial charge in [-0.15, -0.1) is 0 Å². The fourth-order valence-electron chi connectivity index (χ4n) is 3.10. The van der Waals surface area contributed by atoms with Crippen LogP contribution >= 0.6 is 11.8 Å². The Hall–Kier alpha value is -4.14. The number of furan rings is 1. The number of thioether (sulfide) groups is 1. The molecule has 0 aliphatic carbocycles. The normalized spacial score (nSPS) is 18.5. The molecule has 0 saturated heterocycles. The maximum absolute atomic E-state index is 12.9. The van der Waals surface area contributed by atoms with Crippen LogP contribution in [-0.2, 0) is 4.79 Å². The number of amides is 1. The second kappa shape index (κ2) is 7.19. The number of halogens is 3. The number of hydrogen-bond donors (Lipinski definition) is 1. The van der Waals surface area contributed by atoms with Crippen molar-refractivity contribution in [3.63, 3.8) is 0 Å². The molecule has 0 saturated carbocycles. The lowest BCUT2D eigenvalue weighted by Crippen LogP contribution is -2.35. The van der Waals surface area contributed by atoms with Gasteiger partial charge >= 0.3 is 6.18 Å². The van der Waals surface area contributed by atoms with Gasteiger partial charge in [0, 0.05) is 6.07 Å². The van der Waals surface area contributed by atoms with E-state index in [0.29, 0.717) is 5.01 Å². The Morgan fingerprint density at radius 1 is 1.24 bits per heavy atom. The summed E-state index contributed by atoms with van der Waals surface area (Å²) in [6.07, 6.45) is -3.66. The first-order valence-electron chi connectivity index (χ1n) is 8.87. The van der Waals surface area contributed by atoms with E-state index >= 15 is 0 Å². The molecule has 5 rings (SSSR count). The van der Waals surface area contributed by atoms with Gasteiger partial charge in [-0.05, 0) is 30.0 Å². The van der Waals surface area contributed by atoms with Gasteiger partial charge in [-0.3, -0.25) is 20.3 Å². The summed E-state index contributed by atoms with van der Waals surface area (Å²) in [6, 6.07) is 5.33. The number of ether oxygens (including phenoxy) is 2. The van der Waals surface area contributed by atoms with Crippen LogP contribution in [0.15, 0.2) is 44.3 Å². The molecule has 15 heteroatoms. The lowest BCUT2D eigenvalue weighted by atomic mass is 10.1. The maximum atomic E-state index is 12.9. The summed E-state index contributed by atoms with van der Waals surface area (Å²) in [4.78, 5) is 26.7. The van der Waals surface area contributed by atoms with Crippen LogP contribution in [0, 0.1) is 15.5 Å². The van der Waals surface area contributed by atoms with E-state index in [4.69, 9.17) is 19.3 Å². The molecule has 1 aromatic heterocycles. The number of nitrogens with one attached hydrogen (secondary N) is 1. The zero-order valence-corrected chi connectivity index (χ0v) is 16.7. The van der Waals surface area contributed by atoms with Crippen molar-refractivity contribution >= 4 is 45.5 Å². The number of nitrogens with zero attached hydrogens (tertiary/aromatic N) is 4. The van der Waals surface area contributed by atoms with E-state index in [-0.39, 0.29) is 63.6 Å². The van der Waals surface area contributed by atoms with Crippen molar-refractivity contribution in [3.05, 3.63) is 45.7 Å². The Bertz CT molecular complexity index is 1350. The molecule has 168 valence electrons. The van der Waals surface area contributed by atoms with Crippen molar-refractivity contribution in [3.8, 4) is 22.8 Å². The fourth-order valence-corrected chi connectivity index (χ4v) is 3.86. The van der Waals surface area contributed by atoms with Crippen molar-refractivity contribution in [2.75, 3.05) is 6.79 Å². The summed E-state index contributed by atoms with van der Waals surface area (Å²) in [5, 5.41) is 21.9. The molecule has 1 amide bonds. The number of benzene rings is 1. The highest BCUT2D eigenvalue weighted by Crippen LogP contribution is 2.43. The predicted octanol–water partition coefficient (Wildman–Crippen LogP) is 3.76. The van der Waals surface area contributed by atoms with Crippen LogP contribution in [0.2, 0.25) is 0 Å². The van der Waals surface area contributed by atoms with Crippen LogP contribution in [0.4, 0.5) is 18.9 Å². The minimum atomic E-state index is -4.76. The molecule has 1 aromatic carbocycles. The first-order valence-corrected chi connectivity index (χ1v) is 9.69. The fraction of sp³-hybridized carbons (Fsp3) is 0.111. The van der Waals surface area contributed by atoms with Crippen LogP contribution < -0.4 is 9.47 Å². The summed E-state index contributed by atoms with van der Waals surface area (Å²) >= 11 is 0.135. The first-order chi connectivity index (χ1) is 15.6. The predicted molar refractivity (Wildman–Crippen MR) is 108 cm³/mol. The zero-order valence-electron chi connectivity index (χ0n) is 15.9. The van der Waals surface area contributed by atoms with Crippen LogP contribution in [0.3, 0.4) is 0 Å². The standard InChI is InChI=1S/C18H8F3N5O6S/c19-18(20,21)16-24-25-14(22)9(15(27)23-17(25)33-16)3-7-1-2-11(32-7)8-4-12-13(31-6-30-12)5-10(8)26(28)29/h1-5,22H,6H2/b9-3-,22-14?. The molecule has 1 N–H and O–H groups in total. The second-order valence-corrected chi connectivity index (χ2v) is 7.56. The summed E-state index contributed by atoms with van der Waals surface area (Å²) in [5.41, 5.74) is -0.603. The number of hydrogen-bond acceptors (Lipinski definition) is 9. The Kier molecular flexibility index (Phi) is 4.52. The molecule has 0 bridgehead atoms. The molecule has 0 unspecified atom stereocenters. The van der Waals surface area contributed by atoms with Crippen LogP contribution in [0.25, 0.3) is 17.4 Å². The molecule has 0 atom stereocenters. The third-order valence-corrected chi connectivity index (χ3v) is 5.52. The van der Waals surface area contributed by atoms with E-state index in [1.54, 1.807) is 0 Å². The smallest absolute Gasteiger partial charge is 0.441 e. The molecular formula is C18H8F3N5O6S. The highest BCUT2D eigenvalue weighted by Gasteiger charge is 2.46. The summed E-state index contributed by atoms with van der Waals surface area (Å²) < 4.78 is 54.7. The average Bonchev–Trinajstić information content (AvgIpc) is 3.48. The van der Waals surface area contributed by atoms with Gasteiger partial charge in [-0.25, -0.2) is 0 Å². The van der Waals surface area contributed by atoms with E-state index in [2.05, 4.69) is 10.1 Å². The van der Waals surface area contributed by atoms with Crippen LogP contribution in [0.5, 0.6) is 11.5 Å². The van der Waals surface area contributed by atoms with Crippen LogP contribution in [-0.4, -0.2) is 44.9 Å². The van der Waals surface area contributed by atoms with Crippen LogP contribution in [0.1, 0.15) is 5.76 Å². The third kappa shape index (κ3) is 3.51. The molecule has 11 nitrogen and oxygen atoms in total. The first kappa shape index (κ1) is 20.7. The molecule has 2 aromatic rings. The molecular weight excluding hydrogens is 471 g/mol. The molecule has 0 spiro atoms. The molecule has 3 aliphatic rings. The molecule has 3 aliphatic heterocycles. The topological polar surface area (TPSA) is 144 Å². The zero-order chi connectivity index (χ0) is 23.5. The van der Waals surface area contributed by atoms with Gasteiger partial charge in [-0.1, -0.05) is 0 Å². The second-order valence-electron chi connectivity index (χ2n) is 6.60. The average molecular weight is 479 g/mol. The number of carbonyl (C=O) groups excluding carboxylic acids is 1. The summed E-state index contributed by atoms with van der Waals surface area (Å²) in [7, 11) is 0. The number of hydrazone groups is 1. The number of fused-ring (bicyclic) bond motifs is 2. The van der Waals surface area contributed by atoms with Crippen molar-refractivity contribution in [1.29, 1.82) is 5.41 Å². The Balaban J connectivity index is 1.49. The molecule has 0 fully saturated rings. The van der Waals surface area contributed by atoms with E-state index in [1.165, 1.54) is 24.3 Å². The maximum Gasteiger partial charge on any atom is 0.441 e. The van der Waals surface area contributed by atoms with E-state index in [1.807, 2.05) is 0 Å². The summed E-state index contributed by atoms with van der Waals surface area (Å²) in [5.74, 6) is -1.02. The highest BCUT2D eigenvalue weighted by molar-refractivity contribution is 8.27. The lowest BCUT2D eigenvalue weighted by molar-refractivity contribution is -0.384. The minimum absolute atomic E-state index is 0.00980. The Morgan fingerprint density at radius 3 is 2.67 bits per heavy atom. The largest absolute Gasteiger partial charge is 0.456 e. The van der Waals surface area contributed by atoms with Gasteiger partial charge in [0.15, 0.2) is 17.3 Å². The number of amidine groups is 2. The van der Waals surface area contributed by atoms with E-state index in [0.717, 1.165) is 6.08 Å². The minimum Gasteiger partial charge on any atom is -0.456 e. The van der Waals surface area contributed by atoms with Gasteiger partial charge < -0.3 is 13.9 Å². The van der Waals surface area contributed by atoms with Crippen molar-refractivity contribution in [2.45, 2.75) is 6.18 Å². The van der Waals surface area contributed by atoms with Gasteiger partial charge in [0.2, 0.25) is 17.0 Å². The van der Waals surface area contributed by atoms with Crippen molar-refractivity contribution < 1.29 is 36.8 Å². The van der Waals surface area contributed by atoms with Gasteiger partial charge in [0.05, 0.1) is 22.1 Å². The third-order valence-electron chi connectivity index (χ3n) is 4.56. The summed E-state index contributed by atoms with van der Waals surface area (Å²) in [6.45, 7) is -0.0918. The van der Waals surface area contributed by atoms with Crippen molar-refractivity contribution in [2.24, 2.45) is 10.1 Å². The van der Waals surface area contributed by atoms with Gasteiger partial charge in [0.1, 0.15) is 11.5 Å².